The molecular weight excluding hydrogens is 322 g/mol. The van der Waals surface area contributed by atoms with Crippen LogP contribution in [0.15, 0.2) is 29.2 Å². The SMILES string of the molecule is CCCCNC(=O)NS(=O)(=O)c1ccc(NC(=O)COC)cc1. The minimum Gasteiger partial charge on any atom is -0.375 e. The highest BCUT2D eigenvalue weighted by atomic mass is 32.2. The lowest BCUT2D eigenvalue weighted by molar-refractivity contribution is -0.119. The molecule has 1 aromatic carbocycles. The maximum absolute atomic E-state index is 12.0. The van der Waals surface area contributed by atoms with Crippen molar-refractivity contribution in [3.63, 3.8) is 0 Å². The molecule has 9 heteroatoms. The van der Waals surface area contributed by atoms with Crippen LogP contribution in [-0.4, -0.2) is 40.6 Å². The molecule has 3 amide bonds. The summed E-state index contributed by atoms with van der Waals surface area (Å²) in [7, 11) is -2.56. The fourth-order valence-electron chi connectivity index (χ4n) is 1.64. The second kappa shape index (κ2) is 9.11. The third-order valence-corrected chi connectivity index (χ3v) is 4.11. The Kier molecular flexibility index (Phi) is 7.49. The molecule has 0 radical (unpaired) electrons. The third-order valence-electron chi connectivity index (χ3n) is 2.77. The van der Waals surface area contributed by atoms with Crippen LogP contribution >= 0.6 is 0 Å². The Labute approximate surface area is 135 Å². The molecule has 1 aromatic rings. The summed E-state index contributed by atoms with van der Waals surface area (Å²) >= 11 is 0. The van der Waals surface area contributed by atoms with Gasteiger partial charge in [-0.15, -0.1) is 0 Å². The molecule has 0 unspecified atom stereocenters. The molecule has 0 aliphatic carbocycles. The summed E-state index contributed by atoms with van der Waals surface area (Å²) in [6, 6.07) is 4.68. The molecule has 0 aliphatic heterocycles. The summed E-state index contributed by atoms with van der Waals surface area (Å²) in [5.41, 5.74) is 0.429. The molecule has 3 N–H and O–H groups in total. The Bertz CT molecular complexity index is 628. The third kappa shape index (κ3) is 6.66. The van der Waals surface area contributed by atoms with E-state index in [1.807, 2.05) is 11.6 Å². The van der Waals surface area contributed by atoms with Gasteiger partial charge in [-0.2, -0.15) is 0 Å². The summed E-state index contributed by atoms with van der Waals surface area (Å²) in [5, 5.41) is 5.00. The van der Waals surface area contributed by atoms with E-state index in [0.717, 1.165) is 12.8 Å². The van der Waals surface area contributed by atoms with Gasteiger partial charge in [0.1, 0.15) is 6.61 Å². The van der Waals surface area contributed by atoms with Crippen molar-refractivity contribution in [2.24, 2.45) is 0 Å². The first-order chi connectivity index (χ1) is 10.9. The van der Waals surface area contributed by atoms with Gasteiger partial charge < -0.3 is 15.4 Å². The van der Waals surface area contributed by atoms with Crippen LogP contribution in [0, 0.1) is 0 Å². The quantitative estimate of drug-likeness (QED) is 0.611. The summed E-state index contributed by atoms with van der Waals surface area (Å²) in [4.78, 5) is 22.8. The predicted molar refractivity (Wildman–Crippen MR) is 85.6 cm³/mol. The van der Waals surface area contributed by atoms with Gasteiger partial charge in [-0.1, -0.05) is 13.3 Å². The van der Waals surface area contributed by atoms with Crippen LogP contribution in [0.25, 0.3) is 0 Å². The number of nitrogens with one attached hydrogen (secondary N) is 3. The molecule has 0 fully saturated rings. The predicted octanol–water partition coefficient (Wildman–Crippen LogP) is 1.06. The van der Waals surface area contributed by atoms with Gasteiger partial charge >= 0.3 is 6.03 Å². The van der Waals surface area contributed by atoms with Gasteiger partial charge in [-0.25, -0.2) is 17.9 Å². The Morgan fingerprint density at radius 1 is 1.17 bits per heavy atom. The van der Waals surface area contributed by atoms with E-state index in [2.05, 4.69) is 15.4 Å². The molecule has 0 spiro atoms. The highest BCUT2D eigenvalue weighted by Gasteiger charge is 2.17. The van der Waals surface area contributed by atoms with Gasteiger partial charge in [0.25, 0.3) is 10.0 Å². The van der Waals surface area contributed by atoms with Gasteiger partial charge in [0.05, 0.1) is 4.90 Å². The monoisotopic (exact) mass is 343 g/mol. The number of anilines is 1. The minimum absolute atomic E-state index is 0.0760. The number of amides is 3. The van der Waals surface area contributed by atoms with Crippen molar-refractivity contribution < 1.29 is 22.7 Å². The molecule has 23 heavy (non-hydrogen) atoms. The molecule has 0 bridgehead atoms. The first kappa shape index (κ1) is 18.9. The van der Waals surface area contributed by atoms with E-state index in [1.165, 1.54) is 31.4 Å². The fraction of sp³-hybridized carbons (Fsp3) is 0.429. The molecule has 0 aliphatic rings. The van der Waals surface area contributed by atoms with Crippen LogP contribution in [0.1, 0.15) is 19.8 Å². The highest BCUT2D eigenvalue weighted by Crippen LogP contribution is 2.13. The van der Waals surface area contributed by atoms with Crippen LogP contribution in [0.2, 0.25) is 0 Å². The highest BCUT2D eigenvalue weighted by molar-refractivity contribution is 7.90. The average molecular weight is 343 g/mol. The van der Waals surface area contributed by atoms with Crippen molar-refractivity contribution in [1.29, 1.82) is 0 Å². The molecule has 0 saturated heterocycles. The van der Waals surface area contributed by atoms with E-state index >= 15 is 0 Å². The number of rotatable bonds is 8. The number of methoxy groups -OCH3 is 1. The Morgan fingerprint density at radius 2 is 1.83 bits per heavy atom. The van der Waals surface area contributed by atoms with Gasteiger partial charge in [0, 0.05) is 19.3 Å². The molecule has 8 nitrogen and oxygen atoms in total. The lowest BCUT2D eigenvalue weighted by Gasteiger charge is -2.09. The number of urea groups is 1. The van der Waals surface area contributed by atoms with Gasteiger partial charge in [0.2, 0.25) is 5.91 Å². The number of unbranched alkanes of at least 4 members (excludes halogenated alkanes) is 1. The first-order valence-corrected chi connectivity index (χ1v) is 8.57. The molecule has 128 valence electrons. The number of ether oxygens (including phenoxy) is 1. The average Bonchev–Trinajstić information content (AvgIpc) is 2.47. The zero-order valence-electron chi connectivity index (χ0n) is 13.1. The Balaban J connectivity index is 2.66. The molecular formula is C14H21N3O5S. The summed E-state index contributed by atoms with van der Waals surface area (Å²) < 4.78 is 30.7. The van der Waals surface area contributed by atoms with Crippen LogP contribution in [-0.2, 0) is 19.6 Å². The zero-order chi connectivity index (χ0) is 17.3. The van der Waals surface area contributed by atoms with E-state index in [4.69, 9.17) is 0 Å². The normalized spacial score (nSPS) is 10.9. The van der Waals surface area contributed by atoms with E-state index < -0.39 is 16.1 Å². The Hall–Kier alpha value is -2.13. The maximum Gasteiger partial charge on any atom is 0.328 e. The maximum atomic E-state index is 12.0. The second-order valence-electron chi connectivity index (χ2n) is 4.72. The number of benzene rings is 1. The fourth-order valence-corrected chi connectivity index (χ4v) is 2.57. The molecule has 0 heterocycles. The van der Waals surface area contributed by atoms with Crippen molar-refractivity contribution in [3.8, 4) is 0 Å². The van der Waals surface area contributed by atoms with E-state index in [-0.39, 0.29) is 17.4 Å². The molecule has 0 atom stereocenters. The van der Waals surface area contributed by atoms with Crippen LogP contribution in [0.4, 0.5) is 10.5 Å². The van der Waals surface area contributed by atoms with Crippen molar-refractivity contribution in [3.05, 3.63) is 24.3 Å². The van der Waals surface area contributed by atoms with Crippen molar-refractivity contribution in [2.75, 3.05) is 25.6 Å². The Morgan fingerprint density at radius 3 is 2.39 bits per heavy atom. The van der Waals surface area contributed by atoms with E-state index in [1.54, 1.807) is 0 Å². The largest absolute Gasteiger partial charge is 0.375 e. The van der Waals surface area contributed by atoms with Crippen LogP contribution < -0.4 is 15.4 Å². The van der Waals surface area contributed by atoms with E-state index in [9.17, 15) is 18.0 Å². The molecule has 1 rings (SSSR count). The zero-order valence-corrected chi connectivity index (χ0v) is 13.9. The van der Waals surface area contributed by atoms with Crippen molar-refractivity contribution in [2.45, 2.75) is 24.7 Å². The van der Waals surface area contributed by atoms with Crippen molar-refractivity contribution in [1.82, 2.24) is 10.0 Å². The lowest BCUT2D eigenvalue weighted by Crippen LogP contribution is -2.39. The standard InChI is InChI=1S/C14H21N3O5S/c1-3-4-9-15-14(19)17-23(20,21)12-7-5-11(6-8-12)16-13(18)10-22-2/h5-8H,3-4,9-10H2,1-2H3,(H,16,18)(H2,15,17,19). The molecule has 0 saturated carbocycles. The summed E-state index contributed by atoms with van der Waals surface area (Å²) in [6.45, 7) is 2.27. The number of carbonyl (C=O) groups excluding carboxylic acids is 2. The smallest absolute Gasteiger partial charge is 0.328 e. The second-order valence-corrected chi connectivity index (χ2v) is 6.40. The van der Waals surface area contributed by atoms with Gasteiger partial charge in [0.15, 0.2) is 0 Å². The van der Waals surface area contributed by atoms with Crippen LogP contribution in [0.5, 0.6) is 0 Å². The number of sulfonamides is 1. The summed E-state index contributed by atoms with van der Waals surface area (Å²) in [6.07, 6.45) is 1.66. The van der Waals surface area contributed by atoms with Crippen molar-refractivity contribution >= 4 is 27.6 Å². The topological polar surface area (TPSA) is 114 Å². The van der Waals surface area contributed by atoms with E-state index in [0.29, 0.717) is 12.2 Å². The number of carbonyl (C=O) groups is 2. The van der Waals surface area contributed by atoms with Gasteiger partial charge in [-0.05, 0) is 30.7 Å². The number of hydrogen-bond acceptors (Lipinski definition) is 5. The summed E-state index contributed by atoms with van der Waals surface area (Å²) in [5.74, 6) is -0.350. The minimum atomic E-state index is -3.95. The first-order valence-electron chi connectivity index (χ1n) is 7.08. The van der Waals surface area contributed by atoms with Gasteiger partial charge in [-0.3, -0.25) is 4.79 Å². The number of hydrogen-bond donors (Lipinski definition) is 3. The van der Waals surface area contributed by atoms with Crippen LogP contribution in [0.3, 0.4) is 0 Å². The lowest BCUT2D eigenvalue weighted by atomic mass is 10.3. The molecule has 0 aromatic heterocycles.